The van der Waals surface area contributed by atoms with E-state index in [2.05, 4.69) is 26.6 Å². The number of carbonyl (C=O) groups is 3. The van der Waals surface area contributed by atoms with Gasteiger partial charge in [0, 0.05) is 18.7 Å². The van der Waals surface area contributed by atoms with Crippen molar-refractivity contribution in [3.63, 3.8) is 0 Å². The molecule has 1 atom stereocenters. The van der Waals surface area contributed by atoms with Crippen LogP contribution in [0, 0.1) is 0 Å². The van der Waals surface area contributed by atoms with E-state index in [4.69, 9.17) is 21.7 Å². The van der Waals surface area contributed by atoms with Gasteiger partial charge in [0.05, 0.1) is 17.5 Å². The maximum absolute atomic E-state index is 12.8. The van der Waals surface area contributed by atoms with Crippen LogP contribution < -0.4 is 15.4 Å². The monoisotopic (exact) mass is 539 g/mol. The highest BCUT2D eigenvalue weighted by Crippen LogP contribution is 2.26. The Hall–Kier alpha value is -2.20. The first-order valence-corrected chi connectivity index (χ1v) is 12.6. The molecular formula is C23H30BrN3O5S. The number of nitrogens with zero attached hydrogens (tertiary/aromatic N) is 1. The number of carbonyl (C=O) groups excluding carboxylic acids is 3. The number of hydrogen-bond acceptors (Lipinski definition) is 6. The summed E-state index contributed by atoms with van der Waals surface area (Å²) in [5, 5.41) is 5.55. The number of hydrogen-bond donors (Lipinski definition) is 2. The summed E-state index contributed by atoms with van der Waals surface area (Å²) < 4.78 is 11.9. The molecule has 1 aliphatic carbocycles. The summed E-state index contributed by atoms with van der Waals surface area (Å²) in [5.74, 6) is -0.481. The molecule has 2 aliphatic rings. The molecule has 1 aromatic rings. The van der Waals surface area contributed by atoms with Gasteiger partial charge in [0.2, 0.25) is 5.91 Å². The summed E-state index contributed by atoms with van der Waals surface area (Å²) in [4.78, 5) is 39.4. The Kier molecular flexibility index (Phi) is 9.49. The first-order valence-electron chi connectivity index (χ1n) is 11.4. The van der Waals surface area contributed by atoms with Crippen molar-refractivity contribution in [3.8, 4) is 5.75 Å². The predicted molar refractivity (Wildman–Crippen MR) is 131 cm³/mol. The Labute approximate surface area is 207 Å². The van der Waals surface area contributed by atoms with Crippen LogP contribution in [-0.2, 0) is 14.3 Å². The highest BCUT2D eigenvalue weighted by Gasteiger charge is 2.35. The van der Waals surface area contributed by atoms with Crippen molar-refractivity contribution in [2.24, 2.45) is 0 Å². The van der Waals surface area contributed by atoms with Gasteiger partial charge in [-0.2, -0.15) is 0 Å². The lowest BCUT2D eigenvalue weighted by atomic mass is 9.98. The second-order valence-electron chi connectivity index (χ2n) is 8.21. The molecule has 8 nitrogen and oxygen atoms in total. The summed E-state index contributed by atoms with van der Waals surface area (Å²) in [6, 6.07) is 4.20. The number of esters is 1. The van der Waals surface area contributed by atoms with E-state index in [1.165, 1.54) is 0 Å². The van der Waals surface area contributed by atoms with E-state index in [1.807, 2.05) is 6.92 Å². The average Bonchev–Trinajstić information content (AvgIpc) is 2.80. The Balaban J connectivity index is 1.61. The van der Waals surface area contributed by atoms with Crippen molar-refractivity contribution in [1.29, 1.82) is 0 Å². The third-order valence-electron chi connectivity index (χ3n) is 5.68. The van der Waals surface area contributed by atoms with E-state index in [0.717, 1.165) is 38.5 Å². The van der Waals surface area contributed by atoms with Crippen molar-refractivity contribution in [1.82, 2.24) is 15.5 Å². The zero-order valence-electron chi connectivity index (χ0n) is 18.7. The van der Waals surface area contributed by atoms with Gasteiger partial charge in [-0.25, -0.2) is 0 Å². The molecule has 1 aromatic carbocycles. The molecule has 1 saturated heterocycles. The molecule has 10 heteroatoms. The average molecular weight is 540 g/mol. The van der Waals surface area contributed by atoms with Crippen LogP contribution >= 0.6 is 28.1 Å². The summed E-state index contributed by atoms with van der Waals surface area (Å²) in [7, 11) is 0. The number of benzene rings is 1. The smallest absolute Gasteiger partial charge is 0.308 e. The van der Waals surface area contributed by atoms with Gasteiger partial charge in [0.25, 0.3) is 5.91 Å². The van der Waals surface area contributed by atoms with E-state index >= 15 is 0 Å². The summed E-state index contributed by atoms with van der Waals surface area (Å²) in [6.07, 6.45) is 5.65. The fraction of sp³-hybridized carbons (Fsp3) is 0.565. The van der Waals surface area contributed by atoms with Crippen LogP contribution in [0.3, 0.4) is 0 Å². The fourth-order valence-electron chi connectivity index (χ4n) is 3.95. The Bertz CT molecular complexity index is 891. The standard InChI is InChI=1S/C23H30BrN3O5S/c1-2-12-31-19-9-8-15(13-17(19)24)21(29)26-23(33)27-11-10-25-22(30)18(27)14-20(28)32-16-6-4-3-5-7-16/h8-9,13,16,18H,2-7,10-12,14H2,1H3,(H,25,30)(H,26,29,33). The van der Waals surface area contributed by atoms with Gasteiger partial charge in [-0.15, -0.1) is 0 Å². The quantitative estimate of drug-likeness (QED) is 0.405. The van der Waals surface area contributed by atoms with E-state index in [0.29, 0.717) is 35.5 Å². The zero-order valence-corrected chi connectivity index (χ0v) is 21.1. The molecule has 0 radical (unpaired) electrons. The number of rotatable bonds is 7. The largest absolute Gasteiger partial charge is 0.492 e. The van der Waals surface area contributed by atoms with Crippen LogP contribution in [0.2, 0.25) is 0 Å². The molecule has 2 N–H and O–H groups in total. The van der Waals surface area contributed by atoms with Crippen molar-refractivity contribution in [2.75, 3.05) is 19.7 Å². The highest BCUT2D eigenvalue weighted by atomic mass is 79.9. The molecule has 0 bridgehead atoms. The molecule has 0 spiro atoms. The Morgan fingerprint density at radius 1 is 1.27 bits per heavy atom. The lowest BCUT2D eigenvalue weighted by Crippen LogP contribution is -2.60. The summed E-state index contributed by atoms with van der Waals surface area (Å²) in [5.41, 5.74) is 0.391. The second-order valence-corrected chi connectivity index (χ2v) is 9.45. The Morgan fingerprint density at radius 3 is 2.73 bits per heavy atom. The molecule has 33 heavy (non-hydrogen) atoms. The normalized spacial score (nSPS) is 18.9. The van der Waals surface area contributed by atoms with Crippen molar-refractivity contribution in [2.45, 2.75) is 64.0 Å². The third kappa shape index (κ3) is 7.14. The minimum Gasteiger partial charge on any atom is -0.492 e. The van der Waals surface area contributed by atoms with Gasteiger partial charge in [-0.3, -0.25) is 19.7 Å². The number of thiocarbonyl (C=S) groups is 1. The van der Waals surface area contributed by atoms with Crippen molar-refractivity contribution in [3.05, 3.63) is 28.2 Å². The molecule has 0 aromatic heterocycles. The number of piperazine rings is 1. The SMILES string of the molecule is CCCOc1ccc(C(=O)NC(=S)N2CCNC(=O)C2CC(=O)OC2CCCCC2)cc1Br. The van der Waals surface area contributed by atoms with Crippen molar-refractivity contribution < 1.29 is 23.9 Å². The number of ether oxygens (including phenoxy) is 2. The van der Waals surface area contributed by atoms with Crippen LogP contribution in [0.1, 0.15) is 62.2 Å². The van der Waals surface area contributed by atoms with Crippen molar-refractivity contribution >= 4 is 51.0 Å². The van der Waals surface area contributed by atoms with Gasteiger partial charge in [-0.05, 0) is 78.5 Å². The molecule has 180 valence electrons. The minimum atomic E-state index is -0.820. The maximum atomic E-state index is 12.8. The molecule has 3 rings (SSSR count). The predicted octanol–water partition coefficient (Wildman–Crippen LogP) is 3.32. The van der Waals surface area contributed by atoms with Crippen LogP contribution in [-0.4, -0.2) is 59.6 Å². The maximum Gasteiger partial charge on any atom is 0.308 e. The van der Waals surface area contributed by atoms with Gasteiger partial charge in [0.1, 0.15) is 17.9 Å². The minimum absolute atomic E-state index is 0.0827. The van der Waals surface area contributed by atoms with E-state index in [-0.39, 0.29) is 23.5 Å². The number of amides is 2. The molecule has 1 aliphatic heterocycles. The van der Waals surface area contributed by atoms with E-state index in [1.54, 1.807) is 23.1 Å². The molecule has 1 heterocycles. The van der Waals surface area contributed by atoms with E-state index in [9.17, 15) is 14.4 Å². The Morgan fingerprint density at radius 2 is 2.03 bits per heavy atom. The fourth-order valence-corrected chi connectivity index (χ4v) is 4.75. The third-order valence-corrected chi connectivity index (χ3v) is 6.63. The first-order chi connectivity index (χ1) is 15.9. The van der Waals surface area contributed by atoms with Crippen LogP contribution in [0.15, 0.2) is 22.7 Å². The lowest BCUT2D eigenvalue weighted by Gasteiger charge is -2.36. The van der Waals surface area contributed by atoms with Crippen LogP contribution in [0.4, 0.5) is 0 Å². The summed E-state index contributed by atoms with van der Waals surface area (Å²) in [6.45, 7) is 3.36. The van der Waals surface area contributed by atoms with Crippen LogP contribution in [0.5, 0.6) is 5.75 Å². The van der Waals surface area contributed by atoms with E-state index < -0.39 is 17.9 Å². The van der Waals surface area contributed by atoms with Gasteiger partial charge < -0.3 is 19.7 Å². The molecule has 1 saturated carbocycles. The van der Waals surface area contributed by atoms with Gasteiger partial charge in [0.15, 0.2) is 5.11 Å². The molecule has 2 fully saturated rings. The first kappa shape index (κ1) is 25.4. The molecule has 2 amide bonds. The lowest BCUT2D eigenvalue weighted by molar-refractivity contribution is -0.153. The topological polar surface area (TPSA) is 97.0 Å². The second kappa shape index (κ2) is 12.3. The molecular weight excluding hydrogens is 510 g/mol. The highest BCUT2D eigenvalue weighted by molar-refractivity contribution is 9.10. The molecule has 1 unspecified atom stereocenters. The van der Waals surface area contributed by atoms with Gasteiger partial charge in [-0.1, -0.05) is 13.3 Å². The van der Waals surface area contributed by atoms with Crippen LogP contribution in [0.25, 0.3) is 0 Å². The summed E-state index contributed by atoms with van der Waals surface area (Å²) >= 11 is 8.86. The number of nitrogens with one attached hydrogen (secondary N) is 2. The number of halogens is 1. The van der Waals surface area contributed by atoms with Gasteiger partial charge >= 0.3 is 5.97 Å². The zero-order chi connectivity index (χ0) is 23.8.